The molecule has 3 N–H and O–H groups in total. The summed E-state index contributed by atoms with van der Waals surface area (Å²) in [6.07, 6.45) is 52.1. The van der Waals surface area contributed by atoms with E-state index in [0.717, 1.165) is 64.2 Å². The van der Waals surface area contributed by atoms with Gasteiger partial charge in [-0.15, -0.1) is 0 Å². The summed E-state index contributed by atoms with van der Waals surface area (Å²) in [6.45, 7) is 4.88. The van der Waals surface area contributed by atoms with Crippen LogP contribution < -0.4 is 5.32 Å². The fourth-order valence-electron chi connectivity index (χ4n) is 7.61. The molecule has 0 saturated carbocycles. The van der Waals surface area contributed by atoms with E-state index in [0.29, 0.717) is 23.9 Å². The van der Waals surface area contributed by atoms with Crippen LogP contribution in [0.2, 0.25) is 0 Å². The highest BCUT2D eigenvalue weighted by Crippen LogP contribution is 2.43. The van der Waals surface area contributed by atoms with Crippen LogP contribution >= 0.6 is 7.82 Å². The average Bonchev–Trinajstić information content (AvgIpc) is 3.20. The van der Waals surface area contributed by atoms with Crippen molar-refractivity contribution in [1.82, 2.24) is 5.32 Å². The number of carbonyl (C=O) groups excluding carboxylic acids is 1. The normalized spacial score (nSPS) is 14.3. The number of aliphatic hydroxyl groups excluding tert-OH is 1. The predicted octanol–water partition coefficient (Wildman–Crippen LogP) is 14.9. The number of likely N-dealkylation sites (N-methyl/N-ethyl adjacent to an activating group) is 1. The fourth-order valence-corrected chi connectivity index (χ4v) is 8.34. The van der Waals surface area contributed by atoms with Gasteiger partial charge in [-0.05, 0) is 44.9 Å². The Hall–Kier alpha value is -1.02. The van der Waals surface area contributed by atoms with Gasteiger partial charge in [-0.25, -0.2) is 4.57 Å². The summed E-state index contributed by atoms with van der Waals surface area (Å²) < 4.78 is 23.7. The summed E-state index contributed by atoms with van der Waals surface area (Å²) in [5.74, 6) is -0.156. The number of nitrogens with zero attached hydrogens (tertiary/aromatic N) is 1. The lowest BCUT2D eigenvalue weighted by Gasteiger charge is -2.26. The first kappa shape index (κ1) is 59.0. The number of amides is 1. The van der Waals surface area contributed by atoms with Crippen LogP contribution in [0.4, 0.5) is 0 Å². The molecule has 0 heterocycles. The van der Waals surface area contributed by atoms with Crippen molar-refractivity contribution in [1.29, 1.82) is 0 Å². The van der Waals surface area contributed by atoms with E-state index >= 15 is 0 Å². The molecule has 0 aliphatic rings. The molecular weight excluding hydrogens is 768 g/mol. The second-order valence-corrected chi connectivity index (χ2v) is 20.4. The quantitative estimate of drug-likeness (QED) is 0.0243. The number of rotatable bonds is 47. The van der Waals surface area contributed by atoms with E-state index in [4.69, 9.17) is 9.05 Å². The highest BCUT2D eigenvalue weighted by atomic mass is 31.2. The van der Waals surface area contributed by atoms with E-state index in [1.54, 1.807) is 0 Å². The Morgan fingerprint density at radius 2 is 0.950 bits per heavy atom. The topological polar surface area (TPSA) is 105 Å². The second kappa shape index (κ2) is 43.2. The molecule has 3 unspecified atom stereocenters. The number of unbranched alkanes of at least 4 members (excludes halogenated alkanes) is 30. The van der Waals surface area contributed by atoms with Gasteiger partial charge in [0, 0.05) is 6.42 Å². The van der Waals surface area contributed by atoms with E-state index in [2.05, 4.69) is 43.5 Å². The number of phosphoric ester groups is 1. The summed E-state index contributed by atoms with van der Waals surface area (Å²) in [5.41, 5.74) is 0. The van der Waals surface area contributed by atoms with E-state index in [-0.39, 0.29) is 19.1 Å². The molecule has 3 atom stereocenters. The van der Waals surface area contributed by atoms with Crippen LogP contribution in [-0.2, 0) is 18.4 Å². The molecule has 0 rings (SSSR count). The van der Waals surface area contributed by atoms with Crippen LogP contribution in [-0.4, -0.2) is 73.4 Å². The molecule has 1 amide bonds. The largest absolute Gasteiger partial charge is 0.472 e. The zero-order chi connectivity index (χ0) is 44.3. The highest BCUT2D eigenvalue weighted by molar-refractivity contribution is 7.47. The average molecular weight is 870 g/mol. The van der Waals surface area contributed by atoms with Crippen molar-refractivity contribution in [2.75, 3.05) is 40.9 Å². The van der Waals surface area contributed by atoms with Crippen molar-refractivity contribution in [2.24, 2.45) is 0 Å². The molecule has 60 heavy (non-hydrogen) atoms. The molecule has 0 fully saturated rings. The number of hydrogen-bond donors (Lipinski definition) is 3. The number of allylic oxidation sites excluding steroid dienone is 4. The maximum absolute atomic E-state index is 12.9. The molecular formula is C51H102N2O6P+. The minimum atomic E-state index is -4.32. The number of quaternary nitrogens is 1. The van der Waals surface area contributed by atoms with Crippen molar-refractivity contribution in [3.63, 3.8) is 0 Å². The Balaban J connectivity index is 4.25. The molecule has 0 saturated heterocycles. The Kier molecular flexibility index (Phi) is 42.5. The number of carbonyl (C=O) groups is 1. The standard InChI is InChI=1S/C51H101N2O6P/c1-6-8-10-12-14-16-18-20-22-24-25-26-27-28-29-30-32-34-36-38-40-42-44-50(54)49(48-59-60(56,57)58-47-46-53(3,4)5)52-51(55)45-43-41-39-37-35-33-31-23-21-19-17-15-13-11-9-7-2/h17,19,23,31,49-50,54H,6-16,18,20-22,24-30,32-48H2,1-5H3,(H-,52,55,56,57)/p+1/b19-17-,31-23-. The zero-order valence-electron chi connectivity index (χ0n) is 40.5. The van der Waals surface area contributed by atoms with Gasteiger partial charge in [0.05, 0.1) is 39.9 Å². The molecule has 356 valence electrons. The lowest BCUT2D eigenvalue weighted by Crippen LogP contribution is -2.46. The maximum atomic E-state index is 12.9. The Labute approximate surface area is 373 Å². The van der Waals surface area contributed by atoms with Crippen molar-refractivity contribution in [3.8, 4) is 0 Å². The molecule has 0 radical (unpaired) electrons. The van der Waals surface area contributed by atoms with Crippen LogP contribution in [0.15, 0.2) is 24.3 Å². The SMILES string of the molecule is CCCCCC/C=C\C/C=C\CCCCCCCC(=O)NC(COP(=O)(O)OCC[N+](C)(C)C)C(O)CCCCCCCCCCCCCCCCCCCCCCCC. The lowest BCUT2D eigenvalue weighted by atomic mass is 10.0. The van der Waals surface area contributed by atoms with E-state index in [1.807, 2.05) is 21.1 Å². The first-order chi connectivity index (χ1) is 29.0. The molecule has 9 heteroatoms. The lowest BCUT2D eigenvalue weighted by molar-refractivity contribution is -0.870. The van der Waals surface area contributed by atoms with Gasteiger partial charge >= 0.3 is 7.82 Å². The van der Waals surface area contributed by atoms with E-state index in [1.165, 1.54) is 154 Å². The minimum Gasteiger partial charge on any atom is -0.391 e. The van der Waals surface area contributed by atoms with Gasteiger partial charge in [0.2, 0.25) is 5.91 Å². The number of hydrogen-bond acceptors (Lipinski definition) is 5. The number of aliphatic hydroxyl groups is 1. The third-order valence-corrected chi connectivity index (χ3v) is 12.7. The van der Waals surface area contributed by atoms with Crippen LogP contribution in [0.5, 0.6) is 0 Å². The summed E-state index contributed by atoms with van der Waals surface area (Å²) in [4.78, 5) is 23.2. The van der Waals surface area contributed by atoms with Crippen LogP contribution in [0.3, 0.4) is 0 Å². The molecule has 0 aliphatic carbocycles. The molecule has 8 nitrogen and oxygen atoms in total. The van der Waals surface area contributed by atoms with Gasteiger partial charge in [-0.1, -0.05) is 218 Å². The number of nitrogens with one attached hydrogen (secondary N) is 1. The monoisotopic (exact) mass is 870 g/mol. The second-order valence-electron chi connectivity index (χ2n) is 18.9. The summed E-state index contributed by atoms with van der Waals surface area (Å²) in [5, 5.41) is 14.0. The van der Waals surface area contributed by atoms with Crippen molar-refractivity contribution in [3.05, 3.63) is 24.3 Å². The van der Waals surface area contributed by atoms with Crippen molar-refractivity contribution < 1.29 is 32.9 Å². The van der Waals surface area contributed by atoms with Gasteiger partial charge in [0.15, 0.2) is 0 Å². The molecule has 0 aromatic rings. The van der Waals surface area contributed by atoms with Gasteiger partial charge in [-0.3, -0.25) is 13.8 Å². The fraction of sp³-hybridized carbons (Fsp3) is 0.902. The van der Waals surface area contributed by atoms with Gasteiger partial charge in [0.1, 0.15) is 13.2 Å². The summed E-state index contributed by atoms with van der Waals surface area (Å²) in [7, 11) is 1.61. The van der Waals surface area contributed by atoms with Crippen molar-refractivity contribution >= 4 is 13.7 Å². The molecule has 0 bridgehead atoms. The minimum absolute atomic E-state index is 0.0726. The summed E-state index contributed by atoms with van der Waals surface area (Å²) >= 11 is 0. The van der Waals surface area contributed by atoms with Crippen LogP contribution in [0, 0.1) is 0 Å². The van der Waals surface area contributed by atoms with Gasteiger partial charge < -0.3 is 19.8 Å². The number of phosphoric acid groups is 1. The maximum Gasteiger partial charge on any atom is 0.472 e. The first-order valence-electron chi connectivity index (χ1n) is 25.7. The smallest absolute Gasteiger partial charge is 0.391 e. The first-order valence-corrected chi connectivity index (χ1v) is 27.2. The molecule has 0 spiro atoms. The van der Waals surface area contributed by atoms with Gasteiger partial charge in [0.25, 0.3) is 0 Å². The molecule has 0 aromatic carbocycles. The summed E-state index contributed by atoms with van der Waals surface area (Å²) in [6, 6.07) is -0.766. The third kappa shape index (κ3) is 45.0. The Morgan fingerprint density at radius 3 is 1.38 bits per heavy atom. The third-order valence-electron chi connectivity index (χ3n) is 11.7. The zero-order valence-corrected chi connectivity index (χ0v) is 41.4. The predicted molar refractivity (Wildman–Crippen MR) is 258 cm³/mol. The molecule has 0 aliphatic heterocycles. The van der Waals surface area contributed by atoms with Gasteiger partial charge in [-0.2, -0.15) is 0 Å². The van der Waals surface area contributed by atoms with Crippen LogP contribution in [0.25, 0.3) is 0 Å². The van der Waals surface area contributed by atoms with Crippen LogP contribution in [0.1, 0.15) is 245 Å². The highest BCUT2D eigenvalue weighted by Gasteiger charge is 2.28. The molecule has 0 aromatic heterocycles. The Bertz CT molecular complexity index is 1030. The van der Waals surface area contributed by atoms with E-state index < -0.39 is 20.0 Å². The van der Waals surface area contributed by atoms with Crippen molar-refractivity contribution in [2.45, 2.75) is 257 Å². The Morgan fingerprint density at radius 1 is 0.567 bits per heavy atom. The van der Waals surface area contributed by atoms with E-state index in [9.17, 15) is 19.4 Å².